The number of benzene rings is 2. The Bertz CT molecular complexity index is 988. The summed E-state index contributed by atoms with van der Waals surface area (Å²) in [7, 11) is 0. The highest BCUT2D eigenvalue weighted by atomic mass is 16.3. The summed E-state index contributed by atoms with van der Waals surface area (Å²) in [5, 5.41) is 14.0. The van der Waals surface area contributed by atoms with Crippen LogP contribution >= 0.6 is 0 Å². The molecule has 0 heterocycles. The number of aliphatic hydroxyl groups excluding tert-OH is 1. The molecule has 7 nitrogen and oxygen atoms in total. The van der Waals surface area contributed by atoms with Crippen LogP contribution in [0.1, 0.15) is 28.4 Å². The van der Waals surface area contributed by atoms with Gasteiger partial charge in [-0.3, -0.25) is 9.59 Å². The molecule has 2 aromatic rings. The fraction of sp³-hybridized carbons (Fsp3) is 0.143. The second kappa shape index (κ2) is 9.67. The van der Waals surface area contributed by atoms with Crippen LogP contribution in [0.3, 0.4) is 0 Å². The minimum absolute atomic E-state index is 0.239. The third-order valence-corrected chi connectivity index (χ3v) is 3.66. The summed E-state index contributed by atoms with van der Waals surface area (Å²) in [4.78, 5) is 33.8. The lowest BCUT2D eigenvalue weighted by molar-refractivity contribution is -0.122. The van der Waals surface area contributed by atoms with E-state index in [1.807, 2.05) is 0 Å². The number of nitrogens with zero attached hydrogens (tertiary/aromatic N) is 1. The van der Waals surface area contributed by atoms with Gasteiger partial charge in [-0.25, -0.2) is 0 Å². The summed E-state index contributed by atoms with van der Waals surface area (Å²) in [5.41, 5.74) is 7.93. The van der Waals surface area contributed by atoms with Crippen molar-refractivity contribution in [2.75, 3.05) is 5.73 Å². The third kappa shape index (κ3) is 5.80. The largest absolute Gasteiger partial charge is 0.399 e. The average Bonchev–Trinajstić information content (AvgIpc) is 2.70. The predicted molar refractivity (Wildman–Crippen MR) is 105 cm³/mol. The second-order valence-corrected chi connectivity index (χ2v) is 5.82. The maximum absolute atomic E-state index is 12.1. The fourth-order valence-electron chi connectivity index (χ4n) is 2.15. The van der Waals surface area contributed by atoms with Gasteiger partial charge in [0.2, 0.25) is 0 Å². The first-order valence-corrected chi connectivity index (χ1v) is 8.24. The van der Waals surface area contributed by atoms with E-state index in [4.69, 9.17) is 5.73 Å². The third-order valence-electron chi connectivity index (χ3n) is 3.66. The molecule has 0 aliphatic rings. The first-order valence-electron chi connectivity index (χ1n) is 8.24. The number of nitrogens with two attached hydrogens (primary N) is 1. The zero-order valence-electron chi connectivity index (χ0n) is 15.0. The van der Waals surface area contributed by atoms with E-state index in [1.54, 1.807) is 36.4 Å². The number of carbonyl (C=O) groups is 2. The molecule has 0 aliphatic heterocycles. The number of carbonyl (C=O) groups excluding carboxylic acids is 2. The van der Waals surface area contributed by atoms with Gasteiger partial charge in [-0.15, -0.1) is 4.91 Å². The minimum Gasteiger partial charge on any atom is -0.399 e. The predicted octanol–water partition coefficient (Wildman–Crippen LogP) is 1.44. The maximum Gasteiger partial charge on any atom is 0.311 e. The van der Waals surface area contributed by atoms with Crippen LogP contribution in [0, 0.1) is 28.6 Å². The Morgan fingerprint density at radius 1 is 1.00 bits per heavy atom. The molecule has 0 spiro atoms. The van der Waals surface area contributed by atoms with Crippen LogP contribution in [0.5, 0.6) is 0 Å². The topological polar surface area (TPSA) is 122 Å². The molecular weight excluding hydrogens is 358 g/mol. The number of hydrogen-bond donors (Lipinski definition) is 3. The van der Waals surface area contributed by atoms with Gasteiger partial charge in [-0.2, -0.15) is 0 Å². The average molecular weight is 375 g/mol. The fourth-order valence-corrected chi connectivity index (χ4v) is 2.15. The Morgan fingerprint density at radius 3 is 1.96 bits per heavy atom. The van der Waals surface area contributed by atoms with Gasteiger partial charge >= 0.3 is 5.91 Å². The highest BCUT2D eigenvalue weighted by molar-refractivity contribution is 5.97. The van der Waals surface area contributed by atoms with Crippen molar-refractivity contribution >= 4 is 17.5 Å². The van der Waals surface area contributed by atoms with E-state index in [2.05, 4.69) is 34.2 Å². The van der Waals surface area contributed by atoms with Crippen molar-refractivity contribution in [1.82, 2.24) is 5.32 Å². The summed E-state index contributed by atoms with van der Waals surface area (Å²) >= 11 is 0. The molecule has 0 saturated heterocycles. The number of amides is 2. The van der Waals surface area contributed by atoms with Crippen molar-refractivity contribution in [2.45, 2.75) is 19.1 Å². The molecule has 140 valence electrons. The highest BCUT2D eigenvalue weighted by Crippen LogP contribution is 2.06. The van der Waals surface area contributed by atoms with E-state index >= 15 is 0 Å². The standard InChI is InChI=1S/C21H17N3O4/c1-14(25)19(21(27)24-28)23-20(26)17-10-6-15(7-11-17)4-2-3-5-16-8-12-18(22)13-9-16/h6-14,19,25H,22H2,1H3,(H,23,26)/t14-,19-/m0/s1. The molecule has 2 aromatic carbocycles. The number of nitroso groups, excluding NO2 is 1. The zero-order valence-corrected chi connectivity index (χ0v) is 15.0. The lowest BCUT2D eigenvalue weighted by atomic mass is 10.1. The van der Waals surface area contributed by atoms with E-state index in [0.29, 0.717) is 11.3 Å². The number of aliphatic hydroxyl groups is 1. The van der Waals surface area contributed by atoms with Crippen molar-refractivity contribution in [3.8, 4) is 23.7 Å². The Hall–Kier alpha value is -3.94. The summed E-state index contributed by atoms with van der Waals surface area (Å²) in [6.45, 7) is 1.28. The molecule has 0 fully saturated rings. The van der Waals surface area contributed by atoms with Gasteiger partial charge in [0, 0.05) is 27.6 Å². The van der Waals surface area contributed by atoms with Crippen LogP contribution in [0.15, 0.2) is 53.7 Å². The van der Waals surface area contributed by atoms with E-state index in [1.165, 1.54) is 19.1 Å². The zero-order chi connectivity index (χ0) is 20.5. The molecule has 0 aliphatic carbocycles. The summed E-state index contributed by atoms with van der Waals surface area (Å²) in [6, 6.07) is 11.9. The molecule has 4 N–H and O–H groups in total. The first-order chi connectivity index (χ1) is 13.4. The first kappa shape index (κ1) is 20.4. The Morgan fingerprint density at radius 2 is 1.50 bits per heavy atom. The number of anilines is 1. The molecule has 0 unspecified atom stereocenters. The molecule has 0 aromatic heterocycles. The molecule has 2 amide bonds. The van der Waals surface area contributed by atoms with Crippen LogP contribution in [0.4, 0.5) is 5.69 Å². The van der Waals surface area contributed by atoms with Gasteiger partial charge < -0.3 is 16.2 Å². The van der Waals surface area contributed by atoms with Gasteiger partial charge in [0.1, 0.15) is 6.04 Å². The molecule has 0 radical (unpaired) electrons. The minimum atomic E-state index is -1.40. The molecular formula is C21H17N3O4. The normalized spacial score (nSPS) is 11.6. The van der Waals surface area contributed by atoms with Gasteiger partial charge in [0.05, 0.1) is 6.10 Å². The van der Waals surface area contributed by atoms with Crippen LogP contribution in [-0.4, -0.2) is 29.1 Å². The second-order valence-electron chi connectivity index (χ2n) is 5.82. The van der Waals surface area contributed by atoms with Crippen molar-refractivity contribution in [1.29, 1.82) is 0 Å². The molecule has 0 saturated carbocycles. The van der Waals surface area contributed by atoms with Crippen LogP contribution in [0.25, 0.3) is 0 Å². The summed E-state index contributed by atoms with van der Waals surface area (Å²) in [6.07, 6.45) is -1.25. The molecule has 0 bridgehead atoms. The maximum atomic E-state index is 12.1. The number of nitrogen functional groups attached to an aromatic ring is 1. The van der Waals surface area contributed by atoms with Crippen molar-refractivity contribution < 1.29 is 14.7 Å². The Labute approximate surface area is 161 Å². The Kier molecular flexibility index (Phi) is 7.04. The number of rotatable bonds is 4. The van der Waals surface area contributed by atoms with Crippen LogP contribution in [-0.2, 0) is 4.79 Å². The molecule has 2 atom stereocenters. The van der Waals surface area contributed by atoms with Crippen LogP contribution in [0.2, 0.25) is 0 Å². The lowest BCUT2D eigenvalue weighted by Gasteiger charge is -2.16. The van der Waals surface area contributed by atoms with E-state index < -0.39 is 24.0 Å². The van der Waals surface area contributed by atoms with Gasteiger partial charge in [0.15, 0.2) is 0 Å². The van der Waals surface area contributed by atoms with Gasteiger partial charge in [0.25, 0.3) is 5.91 Å². The smallest absolute Gasteiger partial charge is 0.311 e. The molecule has 28 heavy (non-hydrogen) atoms. The van der Waals surface area contributed by atoms with Crippen molar-refractivity contribution in [2.24, 2.45) is 5.18 Å². The molecule has 7 heteroatoms. The highest BCUT2D eigenvalue weighted by Gasteiger charge is 2.26. The SMILES string of the molecule is C[C@H](O)[C@H](NC(=O)c1ccc(C#CC#Cc2ccc(N)cc2)cc1)C(=O)N=O. The number of nitrogens with one attached hydrogen (secondary N) is 1. The van der Waals surface area contributed by atoms with Crippen molar-refractivity contribution in [3.05, 3.63) is 70.1 Å². The van der Waals surface area contributed by atoms with Crippen LogP contribution < -0.4 is 11.1 Å². The summed E-state index contributed by atoms with van der Waals surface area (Å²) < 4.78 is 0. The molecule has 2 rings (SSSR count). The monoisotopic (exact) mass is 375 g/mol. The number of hydrogen-bond acceptors (Lipinski definition) is 5. The quantitative estimate of drug-likeness (QED) is 0.424. The van der Waals surface area contributed by atoms with E-state index in [-0.39, 0.29) is 5.56 Å². The van der Waals surface area contributed by atoms with Gasteiger partial charge in [-0.1, -0.05) is 11.8 Å². The Balaban J connectivity index is 2.03. The van der Waals surface area contributed by atoms with E-state index in [0.717, 1.165) is 5.56 Å². The van der Waals surface area contributed by atoms with Gasteiger partial charge in [-0.05, 0) is 67.3 Å². The lowest BCUT2D eigenvalue weighted by Crippen LogP contribution is -2.47. The van der Waals surface area contributed by atoms with Crippen molar-refractivity contribution in [3.63, 3.8) is 0 Å². The van der Waals surface area contributed by atoms with E-state index in [9.17, 15) is 19.6 Å². The summed E-state index contributed by atoms with van der Waals surface area (Å²) in [5.74, 6) is 9.41.